The van der Waals surface area contributed by atoms with Crippen LogP contribution < -0.4 is 5.32 Å². The maximum absolute atomic E-state index is 12.8. The summed E-state index contributed by atoms with van der Waals surface area (Å²) in [6.07, 6.45) is 0. The van der Waals surface area contributed by atoms with Crippen molar-refractivity contribution in [1.29, 1.82) is 0 Å². The fourth-order valence-corrected chi connectivity index (χ4v) is 3.72. The molecule has 0 aromatic heterocycles. The molecule has 0 bridgehead atoms. The number of carbonyl (C=O) groups excluding carboxylic acids is 1. The highest BCUT2D eigenvalue weighted by Crippen LogP contribution is 2.38. The molecule has 1 aliphatic rings. The van der Waals surface area contributed by atoms with Crippen molar-refractivity contribution in [1.82, 2.24) is 5.32 Å². The molecule has 2 nitrogen and oxygen atoms in total. The average Bonchev–Trinajstić information content (AvgIpc) is 2.53. The Hall–Kier alpha value is -1.93. The molecule has 1 heterocycles. The molecule has 1 fully saturated rings. The van der Waals surface area contributed by atoms with E-state index in [2.05, 4.69) is 67.7 Å². The van der Waals surface area contributed by atoms with Crippen molar-refractivity contribution in [2.24, 2.45) is 11.8 Å². The van der Waals surface area contributed by atoms with Gasteiger partial charge in [-0.3, -0.25) is 4.79 Å². The number of benzene rings is 2. The fourth-order valence-electron chi connectivity index (χ4n) is 3.72. The Bertz CT molecular complexity index is 662. The first-order valence-corrected chi connectivity index (χ1v) is 8.40. The van der Waals surface area contributed by atoms with Crippen LogP contribution in [-0.4, -0.2) is 5.78 Å². The van der Waals surface area contributed by atoms with Gasteiger partial charge in [-0.1, -0.05) is 73.5 Å². The van der Waals surface area contributed by atoms with E-state index in [0.717, 1.165) is 0 Å². The fraction of sp³-hybridized carbons (Fsp3) is 0.381. The van der Waals surface area contributed by atoms with Gasteiger partial charge in [0.05, 0.1) is 0 Å². The molecule has 0 saturated carbocycles. The van der Waals surface area contributed by atoms with Gasteiger partial charge in [0.2, 0.25) is 0 Å². The number of aryl methyl sites for hydroxylation is 2. The van der Waals surface area contributed by atoms with Gasteiger partial charge >= 0.3 is 0 Å². The number of nitrogens with one attached hydrogen (secondary N) is 1. The first-order valence-electron chi connectivity index (χ1n) is 8.40. The zero-order valence-electron chi connectivity index (χ0n) is 14.3. The van der Waals surface area contributed by atoms with E-state index in [4.69, 9.17) is 0 Å². The van der Waals surface area contributed by atoms with E-state index in [1.165, 1.54) is 22.3 Å². The summed E-state index contributed by atoms with van der Waals surface area (Å²) in [5, 5.41) is 3.75. The minimum absolute atomic E-state index is 0.00661. The van der Waals surface area contributed by atoms with Crippen molar-refractivity contribution in [3.63, 3.8) is 0 Å². The lowest BCUT2D eigenvalue weighted by molar-refractivity contribution is -0.130. The Morgan fingerprint density at radius 1 is 0.783 bits per heavy atom. The molecule has 1 saturated heterocycles. The van der Waals surface area contributed by atoms with E-state index in [0.29, 0.717) is 5.78 Å². The number of hydrogen-bond acceptors (Lipinski definition) is 2. The zero-order valence-corrected chi connectivity index (χ0v) is 14.3. The molecule has 1 aliphatic heterocycles. The molecule has 2 aromatic rings. The number of carbonyl (C=O) groups is 1. The predicted octanol–water partition coefficient (Wildman–Crippen LogP) is 4.53. The van der Waals surface area contributed by atoms with Crippen LogP contribution in [-0.2, 0) is 4.79 Å². The van der Waals surface area contributed by atoms with Gasteiger partial charge in [-0.15, -0.1) is 0 Å². The SMILES string of the molecule is Cc1cccc([C@H]2N[C@@H](c3cccc(C)c3)[C@H](C)C(=O)[C@H]2C)c1. The van der Waals surface area contributed by atoms with Gasteiger partial charge in [0.25, 0.3) is 0 Å². The van der Waals surface area contributed by atoms with Crippen LogP contribution in [0.5, 0.6) is 0 Å². The number of Topliss-reactive ketones (excluding diaryl/α,β-unsaturated/α-hetero) is 1. The molecule has 0 spiro atoms. The summed E-state index contributed by atoms with van der Waals surface area (Å²) in [5.41, 5.74) is 4.87. The smallest absolute Gasteiger partial charge is 0.142 e. The van der Waals surface area contributed by atoms with Crippen molar-refractivity contribution < 1.29 is 4.79 Å². The van der Waals surface area contributed by atoms with Crippen LogP contribution in [0, 0.1) is 25.7 Å². The third kappa shape index (κ3) is 3.09. The minimum atomic E-state index is -0.00661. The minimum Gasteiger partial charge on any atom is -0.302 e. The van der Waals surface area contributed by atoms with Crippen molar-refractivity contribution in [3.05, 3.63) is 70.8 Å². The summed E-state index contributed by atoms with van der Waals surface area (Å²) in [4.78, 5) is 12.8. The molecular formula is C21H25NO. The van der Waals surface area contributed by atoms with E-state index in [9.17, 15) is 4.79 Å². The van der Waals surface area contributed by atoms with Gasteiger partial charge in [0.15, 0.2) is 0 Å². The van der Waals surface area contributed by atoms with Crippen LogP contribution in [0.25, 0.3) is 0 Å². The molecule has 3 rings (SSSR count). The number of ketones is 1. The van der Waals surface area contributed by atoms with Gasteiger partial charge in [-0.2, -0.15) is 0 Å². The largest absolute Gasteiger partial charge is 0.302 e. The van der Waals surface area contributed by atoms with Crippen molar-refractivity contribution in [2.45, 2.75) is 39.8 Å². The van der Waals surface area contributed by atoms with Crippen LogP contribution in [0.2, 0.25) is 0 Å². The number of piperidine rings is 1. The Morgan fingerprint density at radius 2 is 1.22 bits per heavy atom. The molecule has 4 atom stereocenters. The standard InChI is InChI=1S/C21H25NO/c1-13-7-5-9-17(11-13)19-15(3)21(23)16(4)20(22-19)18-10-6-8-14(2)12-18/h5-12,15-16,19-20,22H,1-4H3/t15-,16-,19-,20+/m0/s1. The molecule has 0 radical (unpaired) electrons. The summed E-state index contributed by atoms with van der Waals surface area (Å²) < 4.78 is 0. The van der Waals surface area contributed by atoms with Gasteiger partial charge < -0.3 is 5.32 Å². The quantitative estimate of drug-likeness (QED) is 0.883. The van der Waals surface area contributed by atoms with Crippen molar-refractivity contribution in [2.75, 3.05) is 0 Å². The second-order valence-corrected chi connectivity index (χ2v) is 6.93. The van der Waals surface area contributed by atoms with E-state index < -0.39 is 0 Å². The molecule has 2 heteroatoms. The Kier molecular flexibility index (Phi) is 4.36. The first kappa shape index (κ1) is 15.9. The lowest BCUT2D eigenvalue weighted by Gasteiger charge is -2.39. The topological polar surface area (TPSA) is 29.1 Å². The Balaban J connectivity index is 1.97. The molecule has 0 unspecified atom stereocenters. The van der Waals surface area contributed by atoms with Crippen LogP contribution in [0.1, 0.15) is 48.2 Å². The van der Waals surface area contributed by atoms with Crippen molar-refractivity contribution in [3.8, 4) is 0 Å². The molecule has 23 heavy (non-hydrogen) atoms. The van der Waals surface area contributed by atoms with E-state index in [1.807, 2.05) is 13.8 Å². The zero-order chi connectivity index (χ0) is 16.6. The van der Waals surface area contributed by atoms with Gasteiger partial charge in [-0.05, 0) is 25.0 Å². The molecule has 0 aliphatic carbocycles. The van der Waals surface area contributed by atoms with Crippen LogP contribution in [0.3, 0.4) is 0 Å². The predicted molar refractivity (Wildman–Crippen MR) is 94.3 cm³/mol. The third-order valence-electron chi connectivity index (χ3n) is 5.06. The summed E-state index contributed by atoms with van der Waals surface area (Å²) in [6, 6.07) is 17.1. The Labute approximate surface area is 138 Å². The number of rotatable bonds is 2. The molecule has 2 aromatic carbocycles. The normalized spacial score (nSPS) is 27.9. The van der Waals surface area contributed by atoms with Gasteiger partial charge in [-0.25, -0.2) is 0 Å². The maximum Gasteiger partial charge on any atom is 0.142 e. The average molecular weight is 307 g/mol. The van der Waals surface area contributed by atoms with E-state index >= 15 is 0 Å². The second kappa shape index (κ2) is 6.29. The van der Waals surface area contributed by atoms with Gasteiger partial charge in [0, 0.05) is 23.9 Å². The van der Waals surface area contributed by atoms with Crippen LogP contribution >= 0.6 is 0 Å². The first-order chi connectivity index (χ1) is 11.0. The maximum atomic E-state index is 12.8. The molecule has 1 N–H and O–H groups in total. The highest BCUT2D eigenvalue weighted by atomic mass is 16.1. The molecule has 0 amide bonds. The highest BCUT2D eigenvalue weighted by Gasteiger charge is 2.40. The summed E-state index contributed by atoms with van der Waals surface area (Å²) >= 11 is 0. The highest BCUT2D eigenvalue weighted by molar-refractivity contribution is 5.85. The number of hydrogen-bond donors (Lipinski definition) is 1. The lowest BCUT2D eigenvalue weighted by atomic mass is 9.76. The molecule has 120 valence electrons. The summed E-state index contributed by atoms with van der Waals surface area (Å²) in [5.74, 6) is 0.336. The monoisotopic (exact) mass is 307 g/mol. The summed E-state index contributed by atoms with van der Waals surface area (Å²) in [6.45, 7) is 8.29. The second-order valence-electron chi connectivity index (χ2n) is 6.93. The Morgan fingerprint density at radius 3 is 1.61 bits per heavy atom. The third-order valence-corrected chi connectivity index (χ3v) is 5.06. The van der Waals surface area contributed by atoms with E-state index in [1.54, 1.807) is 0 Å². The molecular weight excluding hydrogens is 282 g/mol. The van der Waals surface area contributed by atoms with Crippen LogP contribution in [0.4, 0.5) is 0 Å². The van der Waals surface area contributed by atoms with E-state index in [-0.39, 0.29) is 23.9 Å². The van der Waals surface area contributed by atoms with Crippen molar-refractivity contribution >= 4 is 5.78 Å². The van der Waals surface area contributed by atoms with Gasteiger partial charge in [0.1, 0.15) is 5.78 Å². The van der Waals surface area contributed by atoms with Crippen LogP contribution in [0.15, 0.2) is 48.5 Å². The summed E-state index contributed by atoms with van der Waals surface area (Å²) in [7, 11) is 0. The lowest BCUT2D eigenvalue weighted by Crippen LogP contribution is -2.46.